The van der Waals surface area contributed by atoms with E-state index in [-0.39, 0.29) is 17.7 Å². The standard InChI is InChI=1S/C10H9F2N3O2/c1-17-10(16)8-6(4-14)2-5(3-13)7(15-8)9(11)12/h2,9H,3,13H2,1H3. The zero-order valence-electron chi connectivity index (χ0n) is 8.91. The minimum absolute atomic E-state index is 0.0317. The van der Waals surface area contributed by atoms with Gasteiger partial charge in [-0.25, -0.2) is 18.6 Å². The minimum atomic E-state index is -2.87. The molecule has 1 rings (SSSR count). The van der Waals surface area contributed by atoms with E-state index in [1.165, 1.54) is 0 Å². The second-order valence-corrected chi connectivity index (χ2v) is 3.04. The molecule has 0 radical (unpaired) electrons. The van der Waals surface area contributed by atoms with Crippen molar-refractivity contribution in [2.45, 2.75) is 13.0 Å². The number of methoxy groups -OCH3 is 1. The molecule has 90 valence electrons. The van der Waals surface area contributed by atoms with Crippen LogP contribution in [0.25, 0.3) is 0 Å². The maximum absolute atomic E-state index is 12.6. The van der Waals surface area contributed by atoms with Crippen molar-refractivity contribution in [2.24, 2.45) is 5.73 Å². The van der Waals surface area contributed by atoms with Crippen LogP contribution in [-0.4, -0.2) is 18.1 Å². The van der Waals surface area contributed by atoms with Gasteiger partial charge in [-0.05, 0) is 11.6 Å². The highest BCUT2D eigenvalue weighted by Crippen LogP contribution is 2.23. The van der Waals surface area contributed by atoms with Gasteiger partial charge in [0.2, 0.25) is 0 Å². The van der Waals surface area contributed by atoms with Gasteiger partial charge in [0.1, 0.15) is 11.8 Å². The second kappa shape index (κ2) is 5.32. The third-order valence-corrected chi connectivity index (χ3v) is 2.06. The smallest absolute Gasteiger partial charge is 0.358 e. The summed E-state index contributed by atoms with van der Waals surface area (Å²) in [4.78, 5) is 14.7. The zero-order valence-corrected chi connectivity index (χ0v) is 8.91. The number of nitriles is 1. The molecule has 0 bridgehead atoms. The van der Waals surface area contributed by atoms with Crippen LogP contribution in [0.2, 0.25) is 0 Å². The molecule has 17 heavy (non-hydrogen) atoms. The van der Waals surface area contributed by atoms with E-state index in [0.29, 0.717) is 0 Å². The summed E-state index contributed by atoms with van der Waals surface area (Å²) < 4.78 is 29.6. The molecule has 0 aliphatic carbocycles. The lowest BCUT2D eigenvalue weighted by atomic mass is 10.1. The molecule has 2 N–H and O–H groups in total. The topological polar surface area (TPSA) is 89.0 Å². The number of hydrogen-bond donors (Lipinski definition) is 1. The van der Waals surface area contributed by atoms with Gasteiger partial charge in [0.15, 0.2) is 5.69 Å². The van der Waals surface area contributed by atoms with E-state index < -0.39 is 23.8 Å². The summed E-state index contributed by atoms with van der Waals surface area (Å²) in [6.45, 7) is -0.192. The number of nitrogens with two attached hydrogens (primary N) is 1. The van der Waals surface area contributed by atoms with Gasteiger partial charge in [-0.2, -0.15) is 5.26 Å². The quantitative estimate of drug-likeness (QED) is 0.801. The van der Waals surface area contributed by atoms with Gasteiger partial charge in [0.25, 0.3) is 6.43 Å². The number of rotatable bonds is 3. The number of nitrogens with zero attached hydrogens (tertiary/aromatic N) is 2. The molecule has 0 atom stereocenters. The lowest BCUT2D eigenvalue weighted by molar-refractivity contribution is 0.0592. The Morgan fingerprint density at radius 3 is 2.76 bits per heavy atom. The summed E-state index contributed by atoms with van der Waals surface area (Å²) in [5.74, 6) is -0.938. The van der Waals surface area contributed by atoms with Crippen LogP contribution in [0.15, 0.2) is 6.07 Å². The van der Waals surface area contributed by atoms with Crippen LogP contribution in [0.4, 0.5) is 8.78 Å². The van der Waals surface area contributed by atoms with Crippen molar-refractivity contribution in [3.05, 3.63) is 28.6 Å². The number of esters is 1. The van der Waals surface area contributed by atoms with Crippen LogP contribution < -0.4 is 5.73 Å². The van der Waals surface area contributed by atoms with Crippen molar-refractivity contribution in [1.29, 1.82) is 5.26 Å². The Bertz CT molecular complexity index is 483. The van der Waals surface area contributed by atoms with E-state index in [4.69, 9.17) is 11.0 Å². The number of carbonyl (C=O) groups excluding carboxylic acids is 1. The van der Waals surface area contributed by atoms with Crippen LogP contribution >= 0.6 is 0 Å². The van der Waals surface area contributed by atoms with Crippen molar-refractivity contribution < 1.29 is 18.3 Å². The normalized spacial score (nSPS) is 10.1. The summed E-state index contributed by atoms with van der Waals surface area (Å²) in [5.41, 5.74) is 4.13. The fraction of sp³-hybridized carbons (Fsp3) is 0.300. The zero-order chi connectivity index (χ0) is 13.0. The maximum atomic E-state index is 12.6. The number of carbonyl (C=O) groups is 1. The minimum Gasteiger partial charge on any atom is -0.464 e. The molecule has 1 aromatic heterocycles. The summed E-state index contributed by atoms with van der Waals surface area (Å²) >= 11 is 0. The summed E-state index contributed by atoms with van der Waals surface area (Å²) in [6.07, 6.45) is -2.87. The molecule has 0 aliphatic heterocycles. The first kappa shape index (κ1) is 13.0. The molecule has 0 aromatic carbocycles. The van der Waals surface area contributed by atoms with Crippen molar-refractivity contribution >= 4 is 5.97 Å². The molecule has 0 saturated carbocycles. The first-order valence-electron chi connectivity index (χ1n) is 4.55. The van der Waals surface area contributed by atoms with Crippen LogP contribution in [0.5, 0.6) is 0 Å². The molecule has 0 amide bonds. The third-order valence-electron chi connectivity index (χ3n) is 2.06. The Balaban J connectivity index is 3.45. The molecule has 1 heterocycles. The molecule has 0 saturated heterocycles. The number of halogens is 2. The summed E-state index contributed by atoms with van der Waals surface area (Å²) in [6, 6.07) is 2.81. The van der Waals surface area contributed by atoms with E-state index in [1.807, 2.05) is 0 Å². The van der Waals surface area contributed by atoms with E-state index in [1.54, 1.807) is 6.07 Å². The molecule has 0 unspecified atom stereocenters. The first-order valence-corrected chi connectivity index (χ1v) is 4.55. The average molecular weight is 241 g/mol. The number of alkyl halides is 2. The Labute approximate surface area is 95.8 Å². The number of aromatic nitrogens is 1. The second-order valence-electron chi connectivity index (χ2n) is 3.04. The van der Waals surface area contributed by atoms with E-state index in [2.05, 4.69) is 9.72 Å². The predicted octanol–water partition coefficient (Wildman–Crippen LogP) is 1.14. The highest BCUT2D eigenvalue weighted by atomic mass is 19.3. The highest BCUT2D eigenvalue weighted by molar-refractivity contribution is 5.90. The molecule has 0 fully saturated rings. The van der Waals surface area contributed by atoms with Crippen LogP contribution in [0.1, 0.15) is 33.7 Å². The number of ether oxygens (including phenoxy) is 1. The Hall–Kier alpha value is -2.07. The van der Waals surface area contributed by atoms with E-state index in [9.17, 15) is 13.6 Å². The number of pyridine rings is 1. The first-order chi connectivity index (χ1) is 8.04. The van der Waals surface area contributed by atoms with Crippen LogP contribution in [0, 0.1) is 11.3 Å². The van der Waals surface area contributed by atoms with E-state index in [0.717, 1.165) is 13.2 Å². The van der Waals surface area contributed by atoms with Crippen molar-refractivity contribution in [3.8, 4) is 6.07 Å². The summed E-state index contributed by atoms with van der Waals surface area (Å²) in [7, 11) is 1.07. The monoisotopic (exact) mass is 241 g/mol. The molecular formula is C10H9F2N3O2. The van der Waals surface area contributed by atoms with Crippen LogP contribution in [0.3, 0.4) is 0 Å². The van der Waals surface area contributed by atoms with Gasteiger partial charge >= 0.3 is 5.97 Å². The molecular weight excluding hydrogens is 232 g/mol. The largest absolute Gasteiger partial charge is 0.464 e. The fourth-order valence-electron chi connectivity index (χ4n) is 1.26. The van der Waals surface area contributed by atoms with Crippen LogP contribution in [-0.2, 0) is 11.3 Å². The maximum Gasteiger partial charge on any atom is 0.358 e. The number of hydrogen-bond acceptors (Lipinski definition) is 5. The molecule has 7 heteroatoms. The van der Waals surface area contributed by atoms with Gasteiger partial charge in [-0.1, -0.05) is 0 Å². The van der Waals surface area contributed by atoms with Gasteiger partial charge in [-0.3, -0.25) is 0 Å². The summed E-state index contributed by atoms with van der Waals surface area (Å²) in [5, 5.41) is 8.79. The fourth-order valence-corrected chi connectivity index (χ4v) is 1.26. The van der Waals surface area contributed by atoms with Crippen molar-refractivity contribution in [1.82, 2.24) is 4.98 Å². The Kier molecular flexibility index (Phi) is 4.06. The highest BCUT2D eigenvalue weighted by Gasteiger charge is 2.22. The predicted molar refractivity (Wildman–Crippen MR) is 53.1 cm³/mol. The lowest BCUT2D eigenvalue weighted by Crippen LogP contribution is -2.13. The Morgan fingerprint density at radius 1 is 1.71 bits per heavy atom. The average Bonchev–Trinajstić information content (AvgIpc) is 2.35. The lowest BCUT2D eigenvalue weighted by Gasteiger charge is -2.09. The molecule has 1 aromatic rings. The third kappa shape index (κ3) is 2.54. The van der Waals surface area contributed by atoms with Gasteiger partial charge < -0.3 is 10.5 Å². The molecule has 5 nitrogen and oxygen atoms in total. The molecule has 0 aliphatic rings. The van der Waals surface area contributed by atoms with E-state index >= 15 is 0 Å². The van der Waals surface area contributed by atoms with Gasteiger partial charge in [0, 0.05) is 6.54 Å². The molecule has 0 spiro atoms. The Morgan fingerprint density at radius 2 is 2.35 bits per heavy atom. The SMILES string of the molecule is COC(=O)c1nc(C(F)F)c(CN)cc1C#N. The van der Waals surface area contributed by atoms with Gasteiger partial charge in [0.05, 0.1) is 12.7 Å². The van der Waals surface area contributed by atoms with Crippen molar-refractivity contribution in [2.75, 3.05) is 7.11 Å². The van der Waals surface area contributed by atoms with Gasteiger partial charge in [-0.15, -0.1) is 0 Å². The van der Waals surface area contributed by atoms with Crippen molar-refractivity contribution in [3.63, 3.8) is 0 Å².